The molecule has 94 valence electrons. The van der Waals surface area contributed by atoms with Gasteiger partial charge in [-0.1, -0.05) is 12.1 Å². The van der Waals surface area contributed by atoms with Crippen molar-refractivity contribution in [3.8, 4) is 0 Å². The van der Waals surface area contributed by atoms with Crippen LogP contribution in [0.15, 0.2) is 30.3 Å². The number of primary amides is 1. The van der Waals surface area contributed by atoms with Crippen LogP contribution in [-0.4, -0.2) is 17.9 Å². The topological polar surface area (TPSA) is 68.0 Å². The highest BCUT2D eigenvalue weighted by Gasteiger charge is 2.12. The van der Waals surface area contributed by atoms with E-state index in [9.17, 15) is 4.79 Å². The number of nitrogens with zero attached hydrogens (tertiary/aromatic N) is 1. The molecule has 4 nitrogen and oxygen atoms in total. The first-order valence-corrected chi connectivity index (χ1v) is 5.93. The third-order valence-corrected chi connectivity index (χ3v) is 3.01. The molecule has 0 saturated carbocycles. The van der Waals surface area contributed by atoms with Crippen LogP contribution in [0, 0.1) is 6.92 Å². The normalized spacial score (nSPS) is 12.6. The average molecular weight is 243 g/mol. The molecule has 1 unspecified atom stereocenters. The SMILES string of the molecule is CNC(CC(N)=O)c1ccc2nc(C)ccc2c1. The van der Waals surface area contributed by atoms with E-state index in [-0.39, 0.29) is 11.9 Å². The van der Waals surface area contributed by atoms with Gasteiger partial charge in [0.2, 0.25) is 5.91 Å². The number of carbonyl (C=O) groups is 1. The molecule has 0 bridgehead atoms. The summed E-state index contributed by atoms with van der Waals surface area (Å²) in [5.41, 5.74) is 8.26. The van der Waals surface area contributed by atoms with Gasteiger partial charge in [0.15, 0.2) is 0 Å². The predicted molar refractivity (Wildman–Crippen MR) is 72.1 cm³/mol. The van der Waals surface area contributed by atoms with Crippen LogP contribution in [0.2, 0.25) is 0 Å². The summed E-state index contributed by atoms with van der Waals surface area (Å²) < 4.78 is 0. The van der Waals surface area contributed by atoms with Gasteiger partial charge in [-0.3, -0.25) is 9.78 Å². The molecule has 1 atom stereocenters. The fraction of sp³-hybridized carbons (Fsp3) is 0.286. The van der Waals surface area contributed by atoms with E-state index in [1.165, 1.54) is 0 Å². The third kappa shape index (κ3) is 2.65. The third-order valence-electron chi connectivity index (χ3n) is 3.01. The van der Waals surface area contributed by atoms with Gasteiger partial charge in [0.05, 0.1) is 5.52 Å². The lowest BCUT2D eigenvalue weighted by atomic mass is 10.0. The highest BCUT2D eigenvalue weighted by Crippen LogP contribution is 2.21. The molecule has 2 aromatic rings. The summed E-state index contributed by atoms with van der Waals surface area (Å²) in [5.74, 6) is -0.309. The zero-order valence-electron chi connectivity index (χ0n) is 10.6. The Labute approximate surface area is 106 Å². The van der Waals surface area contributed by atoms with Crippen molar-refractivity contribution in [1.29, 1.82) is 0 Å². The molecule has 1 heterocycles. The van der Waals surface area contributed by atoms with E-state index >= 15 is 0 Å². The molecule has 1 amide bonds. The van der Waals surface area contributed by atoms with Crippen molar-refractivity contribution in [2.75, 3.05) is 7.05 Å². The smallest absolute Gasteiger partial charge is 0.219 e. The second-order valence-electron chi connectivity index (χ2n) is 4.42. The van der Waals surface area contributed by atoms with Gasteiger partial charge < -0.3 is 11.1 Å². The zero-order valence-corrected chi connectivity index (χ0v) is 10.6. The van der Waals surface area contributed by atoms with Crippen LogP contribution < -0.4 is 11.1 Å². The summed E-state index contributed by atoms with van der Waals surface area (Å²) in [7, 11) is 1.82. The van der Waals surface area contributed by atoms with E-state index in [0.717, 1.165) is 22.2 Å². The first-order chi connectivity index (χ1) is 8.60. The molecule has 2 rings (SSSR count). The van der Waals surface area contributed by atoms with Gasteiger partial charge in [0.25, 0.3) is 0 Å². The maximum Gasteiger partial charge on any atom is 0.219 e. The van der Waals surface area contributed by atoms with Crippen LogP contribution >= 0.6 is 0 Å². The summed E-state index contributed by atoms with van der Waals surface area (Å²) in [5, 5.41) is 4.18. The number of rotatable bonds is 4. The van der Waals surface area contributed by atoms with Crippen LogP contribution in [0.1, 0.15) is 23.7 Å². The lowest BCUT2D eigenvalue weighted by Crippen LogP contribution is -2.23. The minimum Gasteiger partial charge on any atom is -0.370 e. The lowest BCUT2D eigenvalue weighted by molar-refractivity contribution is -0.118. The molecule has 4 heteroatoms. The van der Waals surface area contributed by atoms with E-state index in [1.807, 2.05) is 44.3 Å². The van der Waals surface area contributed by atoms with Crippen molar-refractivity contribution in [3.63, 3.8) is 0 Å². The largest absolute Gasteiger partial charge is 0.370 e. The Balaban J connectivity index is 2.39. The van der Waals surface area contributed by atoms with Gasteiger partial charge in [-0.05, 0) is 37.7 Å². The van der Waals surface area contributed by atoms with Crippen LogP contribution in [0.5, 0.6) is 0 Å². The highest BCUT2D eigenvalue weighted by molar-refractivity contribution is 5.80. The number of nitrogens with one attached hydrogen (secondary N) is 1. The molecule has 1 aromatic heterocycles. The van der Waals surface area contributed by atoms with Gasteiger partial charge in [0.1, 0.15) is 0 Å². The quantitative estimate of drug-likeness (QED) is 0.858. The number of hydrogen-bond donors (Lipinski definition) is 2. The molecule has 0 fully saturated rings. The first kappa shape index (κ1) is 12.5. The van der Waals surface area contributed by atoms with E-state index in [1.54, 1.807) is 0 Å². The Hall–Kier alpha value is -1.94. The van der Waals surface area contributed by atoms with E-state index in [4.69, 9.17) is 5.73 Å². The summed E-state index contributed by atoms with van der Waals surface area (Å²) in [6, 6.07) is 9.98. The Morgan fingerprint density at radius 1 is 1.39 bits per heavy atom. The van der Waals surface area contributed by atoms with Crippen LogP contribution in [0.4, 0.5) is 0 Å². The Kier molecular flexibility index (Phi) is 3.58. The second kappa shape index (κ2) is 5.14. The molecule has 0 spiro atoms. The lowest BCUT2D eigenvalue weighted by Gasteiger charge is -2.15. The predicted octanol–water partition coefficient (Wildman–Crippen LogP) is 1.68. The van der Waals surface area contributed by atoms with Crippen molar-refractivity contribution in [3.05, 3.63) is 41.6 Å². The molecule has 18 heavy (non-hydrogen) atoms. The summed E-state index contributed by atoms with van der Waals surface area (Å²) >= 11 is 0. The monoisotopic (exact) mass is 243 g/mol. The maximum absolute atomic E-state index is 11.0. The number of nitrogens with two attached hydrogens (primary N) is 1. The molecule has 0 saturated heterocycles. The number of aromatic nitrogens is 1. The maximum atomic E-state index is 11.0. The van der Waals surface area contributed by atoms with E-state index < -0.39 is 0 Å². The fourth-order valence-corrected chi connectivity index (χ4v) is 2.05. The molecular formula is C14H17N3O. The van der Waals surface area contributed by atoms with Crippen molar-refractivity contribution >= 4 is 16.8 Å². The summed E-state index contributed by atoms with van der Waals surface area (Å²) in [4.78, 5) is 15.5. The number of fused-ring (bicyclic) bond motifs is 1. The Morgan fingerprint density at radius 3 is 2.83 bits per heavy atom. The van der Waals surface area contributed by atoms with Crippen molar-refractivity contribution in [2.45, 2.75) is 19.4 Å². The summed E-state index contributed by atoms with van der Waals surface area (Å²) in [6.45, 7) is 1.97. The van der Waals surface area contributed by atoms with E-state index in [2.05, 4.69) is 10.3 Å². The van der Waals surface area contributed by atoms with Gasteiger partial charge in [0, 0.05) is 23.5 Å². The average Bonchev–Trinajstić information content (AvgIpc) is 2.35. The first-order valence-electron chi connectivity index (χ1n) is 5.93. The Morgan fingerprint density at radius 2 is 2.17 bits per heavy atom. The number of aryl methyl sites for hydroxylation is 1. The highest BCUT2D eigenvalue weighted by atomic mass is 16.1. The zero-order chi connectivity index (χ0) is 13.1. The van der Waals surface area contributed by atoms with Crippen LogP contribution in [0.3, 0.4) is 0 Å². The fourth-order valence-electron chi connectivity index (χ4n) is 2.05. The molecule has 0 aliphatic carbocycles. The van der Waals surface area contributed by atoms with Crippen molar-refractivity contribution < 1.29 is 4.79 Å². The summed E-state index contributed by atoms with van der Waals surface area (Å²) in [6.07, 6.45) is 0.293. The van der Waals surface area contributed by atoms with Gasteiger partial charge >= 0.3 is 0 Å². The molecule has 3 N–H and O–H groups in total. The van der Waals surface area contributed by atoms with Crippen LogP contribution in [0.25, 0.3) is 10.9 Å². The Bertz CT molecular complexity index is 580. The van der Waals surface area contributed by atoms with Gasteiger partial charge in [-0.2, -0.15) is 0 Å². The molecule has 0 aliphatic heterocycles. The molecule has 0 aliphatic rings. The second-order valence-corrected chi connectivity index (χ2v) is 4.42. The van der Waals surface area contributed by atoms with Crippen molar-refractivity contribution in [1.82, 2.24) is 10.3 Å². The minimum atomic E-state index is -0.309. The van der Waals surface area contributed by atoms with Crippen LogP contribution in [-0.2, 0) is 4.79 Å². The number of carbonyl (C=O) groups excluding carboxylic acids is 1. The number of hydrogen-bond acceptors (Lipinski definition) is 3. The molecule has 1 aromatic carbocycles. The number of pyridine rings is 1. The van der Waals surface area contributed by atoms with Gasteiger partial charge in [-0.25, -0.2) is 0 Å². The number of amides is 1. The molecular weight excluding hydrogens is 226 g/mol. The van der Waals surface area contributed by atoms with Gasteiger partial charge in [-0.15, -0.1) is 0 Å². The molecule has 0 radical (unpaired) electrons. The standard InChI is InChI=1S/C14H17N3O/c1-9-3-4-10-7-11(5-6-12(10)17-9)13(16-2)8-14(15)18/h3-7,13,16H,8H2,1-2H3,(H2,15,18). The van der Waals surface area contributed by atoms with E-state index in [0.29, 0.717) is 6.42 Å². The number of benzene rings is 1. The van der Waals surface area contributed by atoms with Crippen molar-refractivity contribution in [2.24, 2.45) is 5.73 Å². The minimum absolute atomic E-state index is 0.0480.